The molecule has 0 radical (unpaired) electrons. The van der Waals surface area contributed by atoms with E-state index in [9.17, 15) is 0 Å². The monoisotopic (exact) mass is 282 g/mol. The second kappa shape index (κ2) is 7.39. The van der Waals surface area contributed by atoms with Gasteiger partial charge in [-0.1, -0.05) is 6.07 Å². The molecule has 1 N–H and O–H groups in total. The molecule has 3 atom stereocenters. The largest absolute Gasteiger partial charge is 0.381 e. The maximum Gasteiger partial charge on any atom is 0.0521 e. The van der Waals surface area contributed by atoms with Gasteiger partial charge in [-0.15, -0.1) is 11.3 Å². The molecule has 2 heterocycles. The van der Waals surface area contributed by atoms with Gasteiger partial charge in [-0.3, -0.25) is 0 Å². The molecule has 0 amide bonds. The Labute approximate surface area is 121 Å². The maximum atomic E-state index is 5.64. The molecule has 1 aromatic rings. The van der Waals surface area contributed by atoms with E-state index in [0.717, 1.165) is 32.6 Å². The molecule has 3 unspecified atom stereocenters. The van der Waals surface area contributed by atoms with E-state index in [-0.39, 0.29) is 0 Å². The van der Waals surface area contributed by atoms with E-state index in [1.807, 2.05) is 11.3 Å². The van der Waals surface area contributed by atoms with Crippen molar-refractivity contribution in [3.05, 3.63) is 22.4 Å². The number of thiophene rings is 1. The summed E-state index contributed by atoms with van der Waals surface area (Å²) in [4.78, 5) is 3.95. The lowest BCUT2D eigenvalue weighted by Gasteiger charge is -2.36. The molecular weight excluding hydrogens is 256 g/mol. The SMILES string of the molecule is CNC1CCOCC1CN(C)C(C)Cc1cccs1. The molecule has 2 rings (SSSR count). The van der Waals surface area contributed by atoms with Crippen molar-refractivity contribution in [2.75, 3.05) is 33.9 Å². The van der Waals surface area contributed by atoms with Crippen molar-refractivity contribution >= 4 is 11.3 Å². The lowest BCUT2D eigenvalue weighted by molar-refractivity contribution is 0.0174. The van der Waals surface area contributed by atoms with Crippen LogP contribution >= 0.6 is 11.3 Å². The Morgan fingerprint density at radius 3 is 3.11 bits per heavy atom. The van der Waals surface area contributed by atoms with Crippen LogP contribution in [-0.4, -0.2) is 50.8 Å². The zero-order valence-corrected chi connectivity index (χ0v) is 13.1. The third kappa shape index (κ3) is 4.28. The van der Waals surface area contributed by atoms with Crippen molar-refractivity contribution in [1.82, 2.24) is 10.2 Å². The molecule has 4 heteroatoms. The molecule has 0 bridgehead atoms. The van der Waals surface area contributed by atoms with Gasteiger partial charge in [-0.25, -0.2) is 0 Å². The van der Waals surface area contributed by atoms with Crippen LogP contribution < -0.4 is 5.32 Å². The van der Waals surface area contributed by atoms with Gasteiger partial charge in [0.05, 0.1) is 6.61 Å². The molecule has 1 aromatic heterocycles. The first-order valence-corrected chi connectivity index (χ1v) is 8.06. The van der Waals surface area contributed by atoms with Crippen molar-refractivity contribution in [2.24, 2.45) is 5.92 Å². The highest BCUT2D eigenvalue weighted by atomic mass is 32.1. The molecule has 19 heavy (non-hydrogen) atoms. The van der Waals surface area contributed by atoms with Crippen LogP contribution in [0, 0.1) is 5.92 Å². The topological polar surface area (TPSA) is 24.5 Å². The van der Waals surface area contributed by atoms with Crippen molar-refractivity contribution < 1.29 is 4.74 Å². The van der Waals surface area contributed by atoms with Crippen molar-refractivity contribution in [1.29, 1.82) is 0 Å². The number of hydrogen-bond acceptors (Lipinski definition) is 4. The van der Waals surface area contributed by atoms with Gasteiger partial charge in [0.2, 0.25) is 0 Å². The molecular formula is C15H26N2OS. The number of ether oxygens (including phenoxy) is 1. The van der Waals surface area contributed by atoms with Gasteiger partial charge in [-0.05, 0) is 45.3 Å². The minimum atomic E-state index is 0.582. The van der Waals surface area contributed by atoms with Crippen LogP contribution in [0.2, 0.25) is 0 Å². The number of hydrogen-bond donors (Lipinski definition) is 1. The van der Waals surface area contributed by atoms with E-state index in [1.165, 1.54) is 4.88 Å². The smallest absolute Gasteiger partial charge is 0.0521 e. The van der Waals surface area contributed by atoms with E-state index in [4.69, 9.17) is 4.74 Å². The van der Waals surface area contributed by atoms with Gasteiger partial charge in [0, 0.05) is 36.0 Å². The number of rotatable bonds is 6. The van der Waals surface area contributed by atoms with Crippen molar-refractivity contribution in [3.8, 4) is 0 Å². The first-order valence-electron chi connectivity index (χ1n) is 7.18. The first kappa shape index (κ1) is 15.0. The zero-order valence-electron chi connectivity index (χ0n) is 12.3. The maximum absolute atomic E-state index is 5.64. The summed E-state index contributed by atoms with van der Waals surface area (Å²) in [6.45, 7) is 5.22. The Morgan fingerprint density at radius 2 is 2.42 bits per heavy atom. The molecule has 0 aliphatic carbocycles. The fraction of sp³-hybridized carbons (Fsp3) is 0.733. The van der Waals surface area contributed by atoms with Gasteiger partial charge in [0.15, 0.2) is 0 Å². The lowest BCUT2D eigenvalue weighted by atomic mass is 9.95. The number of likely N-dealkylation sites (N-methyl/N-ethyl adjacent to an activating group) is 1. The molecule has 0 aromatic carbocycles. The Hall–Kier alpha value is -0.420. The van der Waals surface area contributed by atoms with Crippen LogP contribution in [0.25, 0.3) is 0 Å². The molecule has 108 valence electrons. The van der Waals surface area contributed by atoms with E-state index < -0.39 is 0 Å². The summed E-state index contributed by atoms with van der Waals surface area (Å²) < 4.78 is 5.64. The predicted molar refractivity (Wildman–Crippen MR) is 81.9 cm³/mol. The predicted octanol–water partition coefficient (Wildman–Crippen LogP) is 2.24. The highest BCUT2D eigenvalue weighted by molar-refractivity contribution is 7.09. The first-order chi connectivity index (χ1) is 9.20. The normalized spacial score (nSPS) is 25.7. The minimum Gasteiger partial charge on any atom is -0.381 e. The molecule has 1 aliphatic heterocycles. The molecule has 0 spiro atoms. The summed E-state index contributed by atoms with van der Waals surface area (Å²) in [6.07, 6.45) is 2.28. The fourth-order valence-corrected chi connectivity index (χ4v) is 3.61. The molecule has 1 aliphatic rings. The van der Waals surface area contributed by atoms with Crippen LogP contribution in [0.3, 0.4) is 0 Å². The minimum absolute atomic E-state index is 0.582. The molecule has 1 fully saturated rings. The average molecular weight is 282 g/mol. The van der Waals surface area contributed by atoms with Crippen LogP contribution in [-0.2, 0) is 11.2 Å². The van der Waals surface area contributed by atoms with Crippen LogP contribution in [0.4, 0.5) is 0 Å². The Morgan fingerprint density at radius 1 is 1.58 bits per heavy atom. The number of nitrogens with zero attached hydrogens (tertiary/aromatic N) is 1. The second-order valence-corrected chi connectivity index (χ2v) is 6.62. The standard InChI is InChI=1S/C15H26N2OS/c1-12(9-14-5-4-8-19-14)17(3)10-13-11-18-7-6-15(13)16-2/h4-5,8,12-13,15-16H,6-7,9-11H2,1-3H3. The van der Waals surface area contributed by atoms with Gasteiger partial charge < -0.3 is 15.0 Å². The molecule has 0 saturated carbocycles. The summed E-state index contributed by atoms with van der Waals surface area (Å²) in [5, 5.41) is 5.60. The van der Waals surface area contributed by atoms with E-state index in [1.54, 1.807) is 0 Å². The van der Waals surface area contributed by atoms with Gasteiger partial charge >= 0.3 is 0 Å². The lowest BCUT2D eigenvalue weighted by Crippen LogP contribution is -2.47. The van der Waals surface area contributed by atoms with Crippen molar-refractivity contribution in [3.63, 3.8) is 0 Å². The third-order valence-electron chi connectivity index (χ3n) is 4.20. The average Bonchev–Trinajstić information content (AvgIpc) is 2.92. The molecule has 3 nitrogen and oxygen atoms in total. The summed E-state index contributed by atoms with van der Waals surface area (Å²) in [7, 11) is 4.30. The zero-order chi connectivity index (χ0) is 13.7. The summed E-state index contributed by atoms with van der Waals surface area (Å²) in [5.41, 5.74) is 0. The Bertz CT molecular complexity index is 355. The van der Waals surface area contributed by atoms with Gasteiger partial charge in [0.25, 0.3) is 0 Å². The van der Waals surface area contributed by atoms with Crippen LogP contribution in [0.15, 0.2) is 17.5 Å². The Kier molecular flexibility index (Phi) is 5.82. The van der Waals surface area contributed by atoms with E-state index >= 15 is 0 Å². The summed E-state index contributed by atoms with van der Waals surface area (Å²) in [5.74, 6) is 0.606. The van der Waals surface area contributed by atoms with Crippen molar-refractivity contribution in [2.45, 2.75) is 31.8 Å². The highest BCUT2D eigenvalue weighted by Crippen LogP contribution is 2.18. The van der Waals surface area contributed by atoms with Crippen LogP contribution in [0.5, 0.6) is 0 Å². The van der Waals surface area contributed by atoms with Gasteiger partial charge in [0.1, 0.15) is 0 Å². The summed E-state index contributed by atoms with van der Waals surface area (Å²) in [6, 6.07) is 5.55. The van der Waals surface area contributed by atoms with E-state index in [0.29, 0.717) is 18.0 Å². The number of nitrogens with one attached hydrogen (secondary N) is 1. The quantitative estimate of drug-likeness (QED) is 0.866. The highest BCUT2D eigenvalue weighted by Gasteiger charge is 2.26. The fourth-order valence-electron chi connectivity index (χ4n) is 2.78. The van der Waals surface area contributed by atoms with E-state index in [2.05, 4.69) is 48.7 Å². The van der Waals surface area contributed by atoms with Crippen LogP contribution in [0.1, 0.15) is 18.2 Å². The van der Waals surface area contributed by atoms with Gasteiger partial charge in [-0.2, -0.15) is 0 Å². The third-order valence-corrected chi connectivity index (χ3v) is 5.10. The second-order valence-electron chi connectivity index (χ2n) is 5.59. The molecule has 1 saturated heterocycles. The Balaban J connectivity index is 1.83. The summed E-state index contributed by atoms with van der Waals surface area (Å²) >= 11 is 1.86.